The second kappa shape index (κ2) is 6.07. The Kier molecular flexibility index (Phi) is 4.09. The predicted molar refractivity (Wildman–Crippen MR) is 85.8 cm³/mol. The van der Waals surface area contributed by atoms with E-state index in [1.54, 1.807) is 54.6 Å². The van der Waals surface area contributed by atoms with Crippen LogP contribution in [-0.2, 0) is 9.53 Å². The molecule has 1 aliphatic rings. The van der Waals surface area contributed by atoms with Gasteiger partial charge in [0.05, 0.1) is 12.7 Å². The van der Waals surface area contributed by atoms with Gasteiger partial charge < -0.3 is 9.47 Å². The van der Waals surface area contributed by atoms with E-state index in [-0.39, 0.29) is 11.1 Å². The van der Waals surface area contributed by atoms with Crippen LogP contribution in [-0.4, -0.2) is 19.0 Å². The quantitative estimate of drug-likeness (QED) is 0.762. The molecule has 3 nitrogen and oxygen atoms in total. The number of rotatable bonds is 5. The first-order chi connectivity index (χ1) is 11.4. The molecule has 0 radical (unpaired) electrons. The summed E-state index contributed by atoms with van der Waals surface area (Å²) in [6, 6.07) is 14.9. The summed E-state index contributed by atoms with van der Waals surface area (Å²) in [5.74, 6) is -3.10. The van der Waals surface area contributed by atoms with E-state index >= 15 is 0 Å². The Labute approximate surface area is 138 Å². The number of carbonyl (C=O) groups is 1. The third-order valence-electron chi connectivity index (χ3n) is 3.89. The second-order valence-electron chi connectivity index (χ2n) is 5.49. The summed E-state index contributed by atoms with van der Waals surface area (Å²) < 4.78 is 39.0. The average Bonchev–Trinajstić information content (AvgIpc) is 3.15. The third-order valence-corrected chi connectivity index (χ3v) is 3.89. The van der Waals surface area contributed by atoms with Crippen molar-refractivity contribution in [3.05, 3.63) is 71.3 Å². The van der Waals surface area contributed by atoms with E-state index in [9.17, 15) is 13.6 Å². The third kappa shape index (κ3) is 2.89. The fourth-order valence-electron chi connectivity index (χ4n) is 2.73. The number of hydrogen-bond donors (Lipinski definition) is 0. The number of halogens is 2. The van der Waals surface area contributed by atoms with Gasteiger partial charge in [-0.05, 0) is 23.3 Å². The lowest BCUT2D eigenvalue weighted by atomic mass is 10.1. The topological polar surface area (TPSA) is 35.5 Å². The molecular weight excluding hydrogens is 314 g/mol. The highest BCUT2D eigenvalue weighted by Gasteiger charge is 2.60. The Bertz CT molecular complexity index is 780. The average molecular weight is 330 g/mol. The van der Waals surface area contributed by atoms with Crippen molar-refractivity contribution in [1.29, 1.82) is 0 Å². The number of allylic oxidation sites excluding steroid dienone is 1. The number of carbonyl (C=O) groups excluding carboxylic acids is 1. The van der Waals surface area contributed by atoms with Crippen molar-refractivity contribution in [2.45, 2.75) is 19.0 Å². The first kappa shape index (κ1) is 16.2. The molecule has 0 N–H and O–H groups in total. The summed E-state index contributed by atoms with van der Waals surface area (Å²) in [5, 5.41) is 0. The van der Waals surface area contributed by atoms with E-state index in [1.165, 1.54) is 14.0 Å². The SMILES string of the molecule is COc1ccc(C(OC(C)=O)C2=C(c3ccccc3)C2(F)F)cc1. The number of hydrogen-bond acceptors (Lipinski definition) is 3. The van der Waals surface area contributed by atoms with Crippen LogP contribution >= 0.6 is 0 Å². The van der Waals surface area contributed by atoms with Crippen molar-refractivity contribution in [2.75, 3.05) is 7.11 Å². The van der Waals surface area contributed by atoms with E-state index in [1.807, 2.05) is 0 Å². The largest absolute Gasteiger partial charge is 0.497 e. The Hall–Kier alpha value is -2.69. The van der Waals surface area contributed by atoms with Crippen LogP contribution in [0.15, 0.2) is 60.2 Å². The van der Waals surface area contributed by atoms with Gasteiger partial charge >= 0.3 is 5.97 Å². The summed E-state index contributed by atoms with van der Waals surface area (Å²) >= 11 is 0. The van der Waals surface area contributed by atoms with Crippen LogP contribution in [0.25, 0.3) is 5.57 Å². The molecule has 1 unspecified atom stereocenters. The lowest BCUT2D eigenvalue weighted by molar-refractivity contribution is -0.145. The van der Waals surface area contributed by atoms with Gasteiger partial charge in [-0.15, -0.1) is 0 Å². The van der Waals surface area contributed by atoms with E-state index in [0.717, 1.165) is 0 Å². The molecule has 0 saturated carbocycles. The van der Waals surface area contributed by atoms with Crippen molar-refractivity contribution < 1.29 is 23.0 Å². The molecule has 2 aromatic carbocycles. The maximum Gasteiger partial charge on any atom is 0.303 e. The molecule has 0 fully saturated rings. The second-order valence-corrected chi connectivity index (χ2v) is 5.49. The molecule has 0 bridgehead atoms. The van der Waals surface area contributed by atoms with Gasteiger partial charge in [0, 0.05) is 12.5 Å². The first-order valence-corrected chi connectivity index (χ1v) is 7.44. The fourth-order valence-corrected chi connectivity index (χ4v) is 2.73. The standard InChI is InChI=1S/C19H16F2O3/c1-12(22)24-18(14-8-10-15(23-2)11-9-14)17-16(19(17,20)21)13-6-4-3-5-7-13/h3-11,18H,1-2H3. The molecule has 0 spiro atoms. The van der Waals surface area contributed by atoms with E-state index in [0.29, 0.717) is 16.9 Å². The molecule has 1 aliphatic carbocycles. The van der Waals surface area contributed by atoms with E-state index < -0.39 is 18.0 Å². The smallest absolute Gasteiger partial charge is 0.303 e. The molecule has 0 aliphatic heterocycles. The Balaban J connectivity index is 2.02. The molecule has 3 rings (SSSR count). The van der Waals surface area contributed by atoms with Gasteiger partial charge in [-0.1, -0.05) is 42.5 Å². The maximum absolute atomic E-state index is 14.4. The minimum atomic E-state index is -3.08. The van der Waals surface area contributed by atoms with Crippen LogP contribution in [0.1, 0.15) is 24.2 Å². The molecule has 0 saturated heterocycles. The van der Waals surface area contributed by atoms with Gasteiger partial charge in [-0.25, -0.2) is 0 Å². The maximum atomic E-state index is 14.4. The predicted octanol–water partition coefficient (Wildman–Crippen LogP) is 4.40. The van der Waals surface area contributed by atoms with Gasteiger partial charge in [0.15, 0.2) is 6.10 Å². The molecular formula is C19H16F2O3. The van der Waals surface area contributed by atoms with Gasteiger partial charge in [-0.2, -0.15) is 8.78 Å². The summed E-state index contributed by atoms with van der Waals surface area (Å²) in [4.78, 5) is 11.4. The van der Waals surface area contributed by atoms with Crippen molar-refractivity contribution in [2.24, 2.45) is 0 Å². The normalized spacial score (nSPS) is 16.5. The van der Waals surface area contributed by atoms with E-state index in [2.05, 4.69) is 0 Å². The molecule has 0 heterocycles. The van der Waals surface area contributed by atoms with Crippen LogP contribution in [0, 0.1) is 0 Å². The number of ether oxygens (including phenoxy) is 2. The van der Waals surface area contributed by atoms with Crippen LogP contribution in [0.3, 0.4) is 0 Å². The Morgan fingerprint density at radius 2 is 1.67 bits per heavy atom. The van der Waals surface area contributed by atoms with Crippen molar-refractivity contribution in [3.8, 4) is 5.75 Å². The zero-order valence-electron chi connectivity index (χ0n) is 13.3. The fraction of sp³-hybridized carbons (Fsp3) is 0.211. The highest BCUT2D eigenvalue weighted by molar-refractivity contribution is 5.92. The first-order valence-electron chi connectivity index (χ1n) is 7.44. The van der Waals surface area contributed by atoms with Crippen molar-refractivity contribution in [1.82, 2.24) is 0 Å². The zero-order chi connectivity index (χ0) is 17.3. The summed E-state index contributed by atoms with van der Waals surface area (Å²) in [6.07, 6.45) is -1.11. The molecule has 5 heteroatoms. The van der Waals surface area contributed by atoms with Gasteiger partial charge in [0.2, 0.25) is 0 Å². The Morgan fingerprint density at radius 1 is 1.04 bits per heavy atom. The van der Waals surface area contributed by atoms with E-state index in [4.69, 9.17) is 9.47 Å². The van der Waals surface area contributed by atoms with Gasteiger partial charge in [0.1, 0.15) is 5.75 Å². The van der Waals surface area contributed by atoms with Crippen molar-refractivity contribution >= 4 is 11.5 Å². The lowest BCUT2D eigenvalue weighted by Gasteiger charge is -2.16. The number of alkyl halides is 2. The van der Waals surface area contributed by atoms with Crippen LogP contribution < -0.4 is 4.74 Å². The monoisotopic (exact) mass is 330 g/mol. The molecule has 0 aromatic heterocycles. The highest BCUT2D eigenvalue weighted by Crippen LogP contribution is 2.60. The number of esters is 1. The summed E-state index contributed by atoms with van der Waals surface area (Å²) in [6.45, 7) is 1.21. The molecule has 0 amide bonds. The van der Waals surface area contributed by atoms with Gasteiger partial charge in [0.25, 0.3) is 5.92 Å². The summed E-state index contributed by atoms with van der Waals surface area (Å²) in [5.41, 5.74) is 0.661. The minimum Gasteiger partial charge on any atom is -0.497 e. The Morgan fingerprint density at radius 3 is 2.21 bits per heavy atom. The van der Waals surface area contributed by atoms with Gasteiger partial charge in [-0.3, -0.25) is 4.79 Å². The number of methoxy groups -OCH3 is 1. The molecule has 124 valence electrons. The molecule has 2 aromatic rings. The highest BCUT2D eigenvalue weighted by atomic mass is 19.3. The minimum absolute atomic E-state index is 0.0785. The van der Waals surface area contributed by atoms with Crippen LogP contribution in [0.2, 0.25) is 0 Å². The zero-order valence-corrected chi connectivity index (χ0v) is 13.3. The van der Waals surface area contributed by atoms with Crippen LogP contribution in [0.5, 0.6) is 5.75 Å². The molecule has 24 heavy (non-hydrogen) atoms. The number of benzene rings is 2. The van der Waals surface area contributed by atoms with Crippen LogP contribution in [0.4, 0.5) is 8.78 Å². The lowest BCUT2D eigenvalue weighted by Crippen LogP contribution is -2.12. The summed E-state index contributed by atoms with van der Waals surface area (Å²) in [7, 11) is 1.52. The molecule has 1 atom stereocenters. The van der Waals surface area contributed by atoms with Crippen molar-refractivity contribution in [3.63, 3.8) is 0 Å².